The molecule has 5 heteroatoms. The van der Waals surface area contributed by atoms with Gasteiger partial charge in [-0.15, -0.1) is 0 Å². The Bertz CT molecular complexity index is 1090. The van der Waals surface area contributed by atoms with Crippen LogP contribution in [0.4, 0.5) is 11.5 Å². The number of methoxy groups -OCH3 is 1. The lowest BCUT2D eigenvalue weighted by molar-refractivity contribution is 0.311. The summed E-state index contributed by atoms with van der Waals surface area (Å²) in [6.45, 7) is 3.54. The maximum absolute atomic E-state index is 5.61. The summed E-state index contributed by atoms with van der Waals surface area (Å²) in [5.74, 6) is 1.80. The lowest BCUT2D eigenvalue weighted by Gasteiger charge is -2.10. The van der Waals surface area contributed by atoms with Gasteiger partial charge in [-0.2, -0.15) is 0 Å². The van der Waals surface area contributed by atoms with Crippen LogP contribution in [-0.4, -0.2) is 25.2 Å². The van der Waals surface area contributed by atoms with Crippen LogP contribution >= 0.6 is 0 Å². The van der Waals surface area contributed by atoms with Crippen molar-refractivity contribution < 1.29 is 4.74 Å². The third kappa shape index (κ3) is 2.61. The number of ether oxygens (including phenoxy) is 1. The summed E-state index contributed by atoms with van der Waals surface area (Å²) < 4.78 is 5.37. The second-order valence-corrected chi connectivity index (χ2v) is 6.38. The fourth-order valence-electron chi connectivity index (χ4n) is 3.44. The van der Waals surface area contributed by atoms with Gasteiger partial charge in [-0.1, -0.05) is 12.1 Å². The second-order valence-electron chi connectivity index (χ2n) is 6.38. The van der Waals surface area contributed by atoms with Crippen molar-refractivity contribution in [2.75, 3.05) is 25.5 Å². The highest BCUT2D eigenvalue weighted by Gasteiger charge is 2.16. The topological polar surface area (TPSA) is 72.5 Å². The minimum absolute atomic E-state index is 0.666. The van der Waals surface area contributed by atoms with E-state index in [4.69, 9.17) is 15.5 Å². The summed E-state index contributed by atoms with van der Waals surface area (Å²) in [4.78, 5) is 9.58. The fourth-order valence-corrected chi connectivity index (χ4v) is 3.44. The highest BCUT2D eigenvalue weighted by molar-refractivity contribution is 5.61. The molecule has 3 N–H and O–H groups in total. The number of hydrogen-bond acceptors (Lipinski definition) is 5. The van der Waals surface area contributed by atoms with E-state index in [9.17, 15) is 0 Å². The molecule has 0 saturated carbocycles. The number of allylic oxidation sites excluding steroid dienone is 2. The molecule has 1 aliphatic heterocycles. The third-order valence-electron chi connectivity index (χ3n) is 4.76. The zero-order chi connectivity index (χ0) is 17.4. The number of anilines is 1. The minimum Gasteiger partial charge on any atom is -0.497 e. The van der Waals surface area contributed by atoms with Crippen LogP contribution < -0.4 is 21.6 Å². The van der Waals surface area contributed by atoms with E-state index >= 15 is 0 Å². The van der Waals surface area contributed by atoms with Crippen molar-refractivity contribution >= 4 is 17.6 Å². The average Bonchev–Trinajstić information content (AvgIpc) is 3.04. The van der Waals surface area contributed by atoms with Crippen molar-refractivity contribution in [3.05, 3.63) is 62.3 Å². The van der Waals surface area contributed by atoms with Gasteiger partial charge in [-0.25, -0.2) is 9.98 Å². The Hall–Kier alpha value is -2.66. The molecule has 1 aromatic heterocycles. The Labute approximate surface area is 146 Å². The highest BCUT2D eigenvalue weighted by atomic mass is 16.5. The van der Waals surface area contributed by atoms with Crippen molar-refractivity contribution in [3.63, 3.8) is 0 Å². The van der Waals surface area contributed by atoms with Crippen molar-refractivity contribution in [2.45, 2.75) is 19.8 Å². The molecule has 0 bridgehead atoms. The standard InChI is InChI=1S/C20H22N4O/c1-12-11-23-20(22-9-3-8-21)17-16-6-4-13-10-14(25-2)5-7-15(13)19(16)24-18(12)17/h4-6,10-11H,3,7-9,21H2,1-2H3,(H,22,23). The number of nitrogens with two attached hydrogens (primary N) is 1. The number of nitrogens with one attached hydrogen (secondary N) is 1. The summed E-state index contributed by atoms with van der Waals surface area (Å²) in [6, 6.07) is 4.30. The summed E-state index contributed by atoms with van der Waals surface area (Å²) in [5, 5.41) is 7.88. The van der Waals surface area contributed by atoms with Crippen molar-refractivity contribution in [1.82, 2.24) is 4.98 Å². The number of pyridine rings is 1. The van der Waals surface area contributed by atoms with Gasteiger partial charge in [0.25, 0.3) is 0 Å². The molecule has 2 aliphatic rings. The normalized spacial score (nSPS) is 13.8. The molecule has 0 atom stereocenters. The van der Waals surface area contributed by atoms with Crippen LogP contribution in [0.15, 0.2) is 35.2 Å². The van der Waals surface area contributed by atoms with Crippen LogP contribution in [-0.2, 0) is 11.2 Å². The molecule has 2 aromatic rings. The first kappa shape index (κ1) is 15.8. The fraction of sp³-hybridized carbons (Fsp3) is 0.300. The predicted octanol–water partition coefficient (Wildman–Crippen LogP) is 1.57. The first-order chi connectivity index (χ1) is 12.2. The van der Waals surface area contributed by atoms with E-state index in [2.05, 4.69) is 41.5 Å². The van der Waals surface area contributed by atoms with Crippen molar-refractivity contribution in [2.24, 2.45) is 10.7 Å². The molecule has 0 unspecified atom stereocenters. The van der Waals surface area contributed by atoms with Crippen LogP contribution in [0.2, 0.25) is 0 Å². The van der Waals surface area contributed by atoms with Gasteiger partial charge in [0.1, 0.15) is 11.6 Å². The van der Waals surface area contributed by atoms with Crippen LogP contribution in [0.25, 0.3) is 6.08 Å². The lowest BCUT2D eigenvalue weighted by Crippen LogP contribution is -2.15. The number of benzene rings is 1. The Morgan fingerprint density at radius 1 is 1.32 bits per heavy atom. The SMILES string of the molecule is COC1=CCc2c3c(ccc2=C1)=c1c(NCCCN)ncc(C)c1=N3. The Morgan fingerprint density at radius 3 is 3.00 bits per heavy atom. The molecule has 128 valence electrons. The van der Waals surface area contributed by atoms with Gasteiger partial charge >= 0.3 is 0 Å². The van der Waals surface area contributed by atoms with Crippen LogP contribution in [0, 0.1) is 17.4 Å². The quantitative estimate of drug-likeness (QED) is 0.695. The number of fused-ring (bicyclic) bond motifs is 4. The number of rotatable bonds is 5. The molecule has 1 aliphatic carbocycles. The van der Waals surface area contributed by atoms with E-state index in [1.807, 2.05) is 6.20 Å². The number of hydrogen-bond donors (Lipinski definition) is 2. The average molecular weight is 334 g/mol. The van der Waals surface area contributed by atoms with Crippen LogP contribution in [0.3, 0.4) is 0 Å². The number of aryl methyl sites for hydroxylation is 1. The summed E-state index contributed by atoms with van der Waals surface area (Å²) >= 11 is 0. The lowest BCUT2D eigenvalue weighted by atomic mass is 10.00. The highest BCUT2D eigenvalue weighted by Crippen LogP contribution is 2.26. The molecular weight excluding hydrogens is 312 g/mol. The number of aromatic nitrogens is 1. The first-order valence-corrected chi connectivity index (χ1v) is 8.63. The van der Waals surface area contributed by atoms with E-state index < -0.39 is 0 Å². The van der Waals surface area contributed by atoms with E-state index in [0.717, 1.165) is 58.0 Å². The zero-order valence-electron chi connectivity index (χ0n) is 14.6. The number of nitrogens with zero attached hydrogens (tertiary/aromatic N) is 2. The van der Waals surface area contributed by atoms with E-state index in [0.29, 0.717) is 6.54 Å². The zero-order valence-corrected chi connectivity index (χ0v) is 14.6. The van der Waals surface area contributed by atoms with Gasteiger partial charge < -0.3 is 15.8 Å². The minimum atomic E-state index is 0.666. The maximum atomic E-state index is 5.61. The maximum Gasteiger partial charge on any atom is 0.136 e. The summed E-state index contributed by atoms with van der Waals surface area (Å²) in [7, 11) is 1.70. The second kappa shape index (κ2) is 6.33. The van der Waals surface area contributed by atoms with Gasteiger partial charge in [0.05, 0.1) is 23.4 Å². The molecule has 2 heterocycles. The molecule has 0 saturated heterocycles. The van der Waals surface area contributed by atoms with Crippen molar-refractivity contribution in [1.29, 1.82) is 0 Å². The predicted molar refractivity (Wildman–Crippen MR) is 99.0 cm³/mol. The van der Waals surface area contributed by atoms with Gasteiger partial charge in [0.2, 0.25) is 0 Å². The summed E-state index contributed by atoms with van der Waals surface area (Å²) in [6.07, 6.45) is 7.81. The van der Waals surface area contributed by atoms with E-state index in [-0.39, 0.29) is 0 Å². The molecule has 0 spiro atoms. The van der Waals surface area contributed by atoms with E-state index in [1.54, 1.807) is 7.11 Å². The molecule has 0 amide bonds. The van der Waals surface area contributed by atoms with Gasteiger partial charge in [0.15, 0.2) is 0 Å². The Kier molecular flexibility index (Phi) is 4.01. The first-order valence-electron chi connectivity index (χ1n) is 8.63. The molecule has 5 nitrogen and oxygen atoms in total. The van der Waals surface area contributed by atoms with Gasteiger partial charge in [-0.3, -0.25) is 0 Å². The van der Waals surface area contributed by atoms with Crippen LogP contribution in [0.1, 0.15) is 17.5 Å². The Morgan fingerprint density at radius 2 is 2.20 bits per heavy atom. The monoisotopic (exact) mass is 334 g/mol. The summed E-state index contributed by atoms with van der Waals surface area (Å²) in [5.41, 5.74) is 9.02. The van der Waals surface area contributed by atoms with Crippen LogP contribution in [0.5, 0.6) is 0 Å². The van der Waals surface area contributed by atoms with Gasteiger partial charge in [-0.05, 0) is 54.8 Å². The molecule has 0 fully saturated rings. The molecule has 0 radical (unpaired) electrons. The largest absolute Gasteiger partial charge is 0.497 e. The molecule has 25 heavy (non-hydrogen) atoms. The Balaban J connectivity index is 1.96. The molecule has 1 aromatic carbocycles. The molecular formula is C20H22N4O. The van der Waals surface area contributed by atoms with Crippen molar-refractivity contribution in [3.8, 4) is 0 Å². The third-order valence-corrected chi connectivity index (χ3v) is 4.76. The molecule has 4 rings (SSSR count). The smallest absolute Gasteiger partial charge is 0.136 e. The van der Waals surface area contributed by atoms with Gasteiger partial charge in [0, 0.05) is 18.0 Å². The van der Waals surface area contributed by atoms with E-state index in [1.165, 1.54) is 10.8 Å².